The van der Waals surface area contributed by atoms with E-state index in [0.29, 0.717) is 22.3 Å². The molecule has 0 atom stereocenters. The van der Waals surface area contributed by atoms with Gasteiger partial charge in [-0.15, -0.1) is 0 Å². The smallest absolute Gasteiger partial charge is 0.335 e. The molecule has 146 valence electrons. The van der Waals surface area contributed by atoms with Crippen LogP contribution >= 0.6 is 11.6 Å². The lowest BCUT2D eigenvalue weighted by molar-refractivity contribution is 0.0696. The van der Waals surface area contributed by atoms with Crippen LogP contribution < -0.4 is 9.47 Å². The number of hydrogen-bond acceptors (Lipinski definition) is 4. The van der Waals surface area contributed by atoms with Gasteiger partial charge in [-0.3, -0.25) is 0 Å². The number of aromatic carboxylic acids is 1. The average molecular weight is 409 g/mol. The Morgan fingerprint density at radius 1 is 0.966 bits per heavy atom. The predicted octanol–water partition coefficient (Wildman–Crippen LogP) is 5.07. The summed E-state index contributed by atoms with van der Waals surface area (Å²) in [5.74, 6) is 0.352. The monoisotopic (exact) mass is 408 g/mol. The Hall–Kier alpha value is -3.51. The highest BCUT2D eigenvalue weighted by Gasteiger charge is 2.13. The van der Waals surface area contributed by atoms with Crippen molar-refractivity contribution in [3.8, 4) is 11.5 Å². The van der Waals surface area contributed by atoms with Gasteiger partial charge >= 0.3 is 5.97 Å². The molecular formula is C22H17ClN2O4. The molecule has 0 saturated heterocycles. The Morgan fingerprint density at radius 3 is 2.52 bits per heavy atom. The Kier molecular flexibility index (Phi) is 5.35. The molecule has 0 spiro atoms. The maximum Gasteiger partial charge on any atom is 0.335 e. The molecule has 0 radical (unpaired) electrons. The molecule has 0 unspecified atom stereocenters. The van der Waals surface area contributed by atoms with Gasteiger partial charge in [-0.1, -0.05) is 41.9 Å². The second-order valence-corrected chi connectivity index (χ2v) is 6.74. The van der Waals surface area contributed by atoms with E-state index in [9.17, 15) is 9.90 Å². The molecular weight excluding hydrogens is 392 g/mol. The largest absolute Gasteiger partial charge is 0.485 e. The van der Waals surface area contributed by atoms with Crippen LogP contribution in [-0.2, 0) is 13.2 Å². The molecule has 3 aromatic carbocycles. The number of nitrogens with one attached hydrogen (secondary N) is 1. The SMILES string of the molecule is O=C(O)c1ccc(OCc2nc3ccccc3[nH]2)c(OCc2ccccc2Cl)c1. The summed E-state index contributed by atoms with van der Waals surface area (Å²) in [7, 11) is 0. The third-order valence-electron chi connectivity index (χ3n) is 4.33. The van der Waals surface area contributed by atoms with Crippen molar-refractivity contribution in [1.29, 1.82) is 0 Å². The molecule has 0 aliphatic carbocycles. The molecule has 0 bridgehead atoms. The average Bonchev–Trinajstić information content (AvgIpc) is 3.15. The number of carbonyl (C=O) groups is 1. The van der Waals surface area contributed by atoms with E-state index in [1.807, 2.05) is 42.5 Å². The van der Waals surface area contributed by atoms with Gasteiger partial charge in [-0.2, -0.15) is 0 Å². The minimum Gasteiger partial charge on any atom is -0.485 e. The van der Waals surface area contributed by atoms with Crippen LogP contribution in [0.3, 0.4) is 0 Å². The molecule has 1 heterocycles. The number of ether oxygens (including phenoxy) is 2. The van der Waals surface area contributed by atoms with Crippen molar-refractivity contribution in [3.63, 3.8) is 0 Å². The number of rotatable bonds is 7. The number of carboxylic acids is 1. The van der Waals surface area contributed by atoms with Crippen LogP contribution in [0.15, 0.2) is 66.7 Å². The van der Waals surface area contributed by atoms with Gasteiger partial charge in [0, 0.05) is 10.6 Å². The number of para-hydroxylation sites is 2. The summed E-state index contributed by atoms with van der Waals surface area (Å²) < 4.78 is 11.7. The summed E-state index contributed by atoms with van der Waals surface area (Å²) in [6.07, 6.45) is 0. The number of aromatic amines is 1. The van der Waals surface area contributed by atoms with Crippen molar-refractivity contribution < 1.29 is 19.4 Å². The zero-order valence-corrected chi connectivity index (χ0v) is 16.0. The topological polar surface area (TPSA) is 84.4 Å². The minimum atomic E-state index is -1.04. The van der Waals surface area contributed by atoms with Gasteiger partial charge in [0.1, 0.15) is 19.0 Å². The van der Waals surface area contributed by atoms with Crippen LogP contribution in [0.2, 0.25) is 5.02 Å². The van der Waals surface area contributed by atoms with E-state index in [-0.39, 0.29) is 18.8 Å². The van der Waals surface area contributed by atoms with Gasteiger partial charge in [0.2, 0.25) is 0 Å². The molecule has 4 aromatic rings. The number of nitrogens with zero attached hydrogens (tertiary/aromatic N) is 1. The number of hydrogen-bond donors (Lipinski definition) is 2. The normalized spacial score (nSPS) is 10.8. The first-order valence-electron chi connectivity index (χ1n) is 8.90. The molecule has 29 heavy (non-hydrogen) atoms. The van der Waals surface area contributed by atoms with Crippen LogP contribution in [-0.4, -0.2) is 21.0 Å². The molecule has 2 N–H and O–H groups in total. The predicted molar refractivity (Wildman–Crippen MR) is 110 cm³/mol. The van der Waals surface area contributed by atoms with Gasteiger partial charge in [0.15, 0.2) is 11.5 Å². The van der Waals surface area contributed by atoms with Crippen LogP contribution in [0, 0.1) is 0 Å². The zero-order chi connectivity index (χ0) is 20.2. The van der Waals surface area contributed by atoms with E-state index in [4.69, 9.17) is 21.1 Å². The van der Waals surface area contributed by atoms with Gasteiger partial charge in [-0.05, 0) is 36.4 Å². The van der Waals surface area contributed by atoms with Crippen LogP contribution in [0.25, 0.3) is 11.0 Å². The highest BCUT2D eigenvalue weighted by molar-refractivity contribution is 6.31. The molecule has 0 aliphatic rings. The molecule has 4 rings (SSSR count). The van der Waals surface area contributed by atoms with E-state index in [2.05, 4.69) is 9.97 Å². The number of benzene rings is 3. The number of H-pyrrole nitrogens is 1. The maximum absolute atomic E-state index is 11.3. The van der Waals surface area contributed by atoms with Crippen LogP contribution in [0.4, 0.5) is 0 Å². The Bertz CT molecular complexity index is 1140. The Labute approximate surface area is 171 Å². The van der Waals surface area contributed by atoms with Gasteiger partial charge in [-0.25, -0.2) is 9.78 Å². The summed E-state index contributed by atoms with van der Waals surface area (Å²) in [5, 5.41) is 9.86. The molecule has 0 fully saturated rings. The second kappa shape index (κ2) is 8.24. The Balaban J connectivity index is 1.54. The summed E-state index contributed by atoms with van der Waals surface area (Å²) in [6.45, 7) is 0.368. The van der Waals surface area contributed by atoms with E-state index in [0.717, 1.165) is 16.6 Å². The summed E-state index contributed by atoms with van der Waals surface area (Å²) in [6, 6.07) is 19.5. The minimum absolute atomic E-state index is 0.107. The third-order valence-corrected chi connectivity index (χ3v) is 4.70. The highest BCUT2D eigenvalue weighted by Crippen LogP contribution is 2.31. The number of imidazole rings is 1. The molecule has 0 amide bonds. The fourth-order valence-corrected chi connectivity index (χ4v) is 3.05. The first-order chi connectivity index (χ1) is 14.1. The molecule has 0 aliphatic heterocycles. The van der Waals surface area contributed by atoms with Crippen LogP contribution in [0.5, 0.6) is 11.5 Å². The standard InChI is InChI=1S/C22H17ClN2O4/c23-16-6-2-1-5-15(16)12-28-20-11-14(22(26)27)9-10-19(20)29-13-21-24-17-7-3-4-8-18(17)25-21/h1-11H,12-13H2,(H,24,25)(H,26,27). The first-order valence-corrected chi connectivity index (χ1v) is 9.28. The van der Waals surface area contributed by atoms with Crippen molar-refractivity contribution in [2.24, 2.45) is 0 Å². The lowest BCUT2D eigenvalue weighted by Gasteiger charge is -2.13. The van der Waals surface area contributed by atoms with Crippen molar-refractivity contribution in [3.05, 3.63) is 88.7 Å². The maximum atomic E-state index is 11.3. The zero-order valence-electron chi connectivity index (χ0n) is 15.3. The number of carboxylic acid groups (broad SMARTS) is 1. The van der Waals surface area contributed by atoms with E-state index >= 15 is 0 Å². The molecule has 1 aromatic heterocycles. The van der Waals surface area contributed by atoms with Gasteiger partial charge in [0.05, 0.1) is 16.6 Å². The first kappa shape index (κ1) is 18.8. The highest BCUT2D eigenvalue weighted by atomic mass is 35.5. The second-order valence-electron chi connectivity index (χ2n) is 6.34. The quantitative estimate of drug-likeness (QED) is 0.446. The van der Waals surface area contributed by atoms with Gasteiger partial charge < -0.3 is 19.6 Å². The lowest BCUT2D eigenvalue weighted by atomic mass is 10.2. The Morgan fingerprint density at radius 2 is 1.72 bits per heavy atom. The number of aromatic nitrogens is 2. The van der Waals surface area contributed by atoms with Crippen molar-refractivity contribution in [2.75, 3.05) is 0 Å². The molecule has 0 saturated carbocycles. The van der Waals surface area contributed by atoms with E-state index < -0.39 is 5.97 Å². The number of halogens is 1. The fraction of sp³-hybridized carbons (Fsp3) is 0.0909. The number of fused-ring (bicyclic) bond motifs is 1. The molecule has 7 heteroatoms. The molecule has 6 nitrogen and oxygen atoms in total. The lowest BCUT2D eigenvalue weighted by Crippen LogP contribution is -2.04. The van der Waals surface area contributed by atoms with E-state index in [1.54, 1.807) is 12.1 Å². The van der Waals surface area contributed by atoms with Gasteiger partial charge in [0.25, 0.3) is 0 Å². The fourth-order valence-electron chi connectivity index (χ4n) is 2.86. The van der Waals surface area contributed by atoms with Crippen molar-refractivity contribution in [2.45, 2.75) is 13.2 Å². The summed E-state index contributed by atoms with van der Waals surface area (Å²) >= 11 is 6.17. The van der Waals surface area contributed by atoms with Crippen molar-refractivity contribution >= 4 is 28.6 Å². The summed E-state index contributed by atoms with van der Waals surface area (Å²) in [4.78, 5) is 19.0. The summed E-state index contributed by atoms with van der Waals surface area (Å²) in [5.41, 5.74) is 2.67. The third kappa shape index (κ3) is 4.33. The van der Waals surface area contributed by atoms with Crippen LogP contribution in [0.1, 0.15) is 21.7 Å². The van der Waals surface area contributed by atoms with Crippen molar-refractivity contribution in [1.82, 2.24) is 9.97 Å². The van der Waals surface area contributed by atoms with E-state index in [1.165, 1.54) is 12.1 Å².